The third-order valence-corrected chi connectivity index (χ3v) is 8.19. The number of nitrogens with zero attached hydrogens (tertiary/aromatic N) is 1. The van der Waals surface area contributed by atoms with Gasteiger partial charge in [0.15, 0.2) is 0 Å². The summed E-state index contributed by atoms with van der Waals surface area (Å²) in [5.74, 6) is -1.98. The number of carbonyl (C=O) groups is 3. The molecule has 45 heavy (non-hydrogen) atoms. The summed E-state index contributed by atoms with van der Waals surface area (Å²) in [6.45, 7) is 0. The molecular formula is C32H45ClN4O8. The molecule has 0 fully saturated rings. The number of aliphatic carboxylic acids is 2. The van der Waals surface area contributed by atoms with Gasteiger partial charge in [0, 0.05) is 42.7 Å². The molecule has 1 heterocycles. The van der Waals surface area contributed by atoms with Gasteiger partial charge in [0.05, 0.1) is 11.8 Å². The van der Waals surface area contributed by atoms with E-state index in [0.29, 0.717) is 43.5 Å². The van der Waals surface area contributed by atoms with Crippen LogP contribution >= 0.6 is 11.6 Å². The van der Waals surface area contributed by atoms with Gasteiger partial charge in [-0.25, -0.2) is 0 Å². The average molecular weight is 649 g/mol. The normalized spacial score (nSPS) is 20.4. The fourth-order valence-electron chi connectivity index (χ4n) is 5.45. The summed E-state index contributed by atoms with van der Waals surface area (Å²) < 4.78 is 0. The molecule has 1 amide bonds. The third-order valence-electron chi connectivity index (χ3n) is 7.96. The highest BCUT2D eigenvalue weighted by molar-refractivity contribution is 6.30. The standard InChI is InChI=1S/C32H45ClN4O8/c33-23-7-3-6-22(18-23)20-14-16-21(17-15-20)27-19-24(45-37-27)8-4-11-28(38)35-26(10-5-13-30(41)42)32(44)36-25(31(34)43)9-1-2-12-29(39)40/h3,6-7,14,16-18,20,24-26,31-32,36,43-44H,1-2,4-5,8-13,15,19,34H2,(H,35,38)(H,39,40)(H,41,42). The predicted molar refractivity (Wildman–Crippen MR) is 169 cm³/mol. The van der Waals surface area contributed by atoms with Crippen LogP contribution in [0.4, 0.5) is 0 Å². The minimum atomic E-state index is -1.33. The molecule has 1 aliphatic heterocycles. The molecule has 1 aromatic carbocycles. The van der Waals surface area contributed by atoms with Gasteiger partial charge in [0.25, 0.3) is 0 Å². The van der Waals surface area contributed by atoms with E-state index in [2.05, 4.69) is 40.1 Å². The van der Waals surface area contributed by atoms with Crippen LogP contribution in [-0.2, 0) is 19.2 Å². The summed E-state index contributed by atoms with van der Waals surface area (Å²) in [6, 6.07) is 6.26. The quantitative estimate of drug-likeness (QED) is 0.0809. The van der Waals surface area contributed by atoms with Crippen molar-refractivity contribution in [2.24, 2.45) is 10.9 Å². The van der Waals surface area contributed by atoms with Crippen LogP contribution < -0.4 is 16.4 Å². The Labute approximate surface area is 268 Å². The van der Waals surface area contributed by atoms with Crippen molar-refractivity contribution in [3.8, 4) is 0 Å². The summed E-state index contributed by atoms with van der Waals surface area (Å²) in [5.41, 5.74) is 8.72. The van der Waals surface area contributed by atoms with Gasteiger partial charge in [-0.15, -0.1) is 0 Å². The summed E-state index contributed by atoms with van der Waals surface area (Å²) in [6.07, 6.45) is 7.69. The predicted octanol–water partition coefficient (Wildman–Crippen LogP) is 3.56. The summed E-state index contributed by atoms with van der Waals surface area (Å²) in [7, 11) is 0. The lowest BCUT2D eigenvalue weighted by Crippen LogP contribution is -2.56. The smallest absolute Gasteiger partial charge is 0.303 e. The largest absolute Gasteiger partial charge is 0.481 e. The van der Waals surface area contributed by atoms with Crippen LogP contribution in [0.5, 0.6) is 0 Å². The molecule has 1 aliphatic carbocycles. The fraction of sp³-hybridized carbons (Fsp3) is 0.562. The number of allylic oxidation sites excluding steroid dienone is 4. The van der Waals surface area contributed by atoms with Crippen LogP contribution in [0.2, 0.25) is 5.02 Å². The maximum absolute atomic E-state index is 12.8. The second-order valence-corrected chi connectivity index (χ2v) is 12.0. The first kappa shape index (κ1) is 36.2. The van der Waals surface area contributed by atoms with Crippen molar-refractivity contribution in [1.82, 2.24) is 10.6 Å². The van der Waals surface area contributed by atoms with Crippen molar-refractivity contribution in [3.05, 3.63) is 58.7 Å². The highest BCUT2D eigenvalue weighted by Gasteiger charge is 2.27. The van der Waals surface area contributed by atoms with Crippen molar-refractivity contribution in [2.75, 3.05) is 0 Å². The van der Waals surface area contributed by atoms with Crippen molar-refractivity contribution in [3.63, 3.8) is 0 Å². The maximum atomic E-state index is 12.8. The average Bonchev–Trinajstić information content (AvgIpc) is 3.46. The van der Waals surface area contributed by atoms with E-state index in [1.54, 1.807) is 0 Å². The monoisotopic (exact) mass is 648 g/mol. The first-order valence-electron chi connectivity index (χ1n) is 15.5. The number of nitrogens with one attached hydrogen (secondary N) is 2. The van der Waals surface area contributed by atoms with Gasteiger partial charge in [-0.2, -0.15) is 0 Å². The minimum absolute atomic E-state index is 0.0245. The number of hydrogen-bond donors (Lipinski definition) is 7. The Morgan fingerprint density at radius 2 is 1.76 bits per heavy atom. The number of carboxylic acids is 2. The zero-order chi connectivity index (χ0) is 32.8. The van der Waals surface area contributed by atoms with E-state index in [0.717, 1.165) is 23.3 Å². The number of hydrogen-bond acceptors (Lipinski definition) is 9. The molecule has 8 N–H and O–H groups in total. The van der Waals surface area contributed by atoms with Crippen LogP contribution in [-0.4, -0.2) is 74.6 Å². The zero-order valence-corrected chi connectivity index (χ0v) is 26.1. The number of aliphatic hydroxyl groups is 2. The molecule has 13 heteroatoms. The van der Waals surface area contributed by atoms with Crippen molar-refractivity contribution >= 4 is 35.2 Å². The second kappa shape index (κ2) is 18.6. The molecule has 0 aromatic heterocycles. The van der Waals surface area contributed by atoms with Gasteiger partial charge in [0.1, 0.15) is 18.6 Å². The van der Waals surface area contributed by atoms with Crippen LogP contribution in [0, 0.1) is 0 Å². The molecule has 12 nitrogen and oxygen atoms in total. The fourth-order valence-corrected chi connectivity index (χ4v) is 5.65. The molecular weight excluding hydrogens is 604 g/mol. The van der Waals surface area contributed by atoms with Gasteiger partial charge in [-0.05, 0) is 68.2 Å². The van der Waals surface area contributed by atoms with E-state index < -0.39 is 36.5 Å². The molecule has 248 valence electrons. The first-order valence-corrected chi connectivity index (χ1v) is 15.9. The van der Waals surface area contributed by atoms with Gasteiger partial charge in [-0.3, -0.25) is 19.7 Å². The van der Waals surface area contributed by atoms with E-state index >= 15 is 0 Å². The molecule has 0 radical (unpaired) electrons. The van der Waals surface area contributed by atoms with E-state index in [-0.39, 0.29) is 50.0 Å². The summed E-state index contributed by atoms with van der Waals surface area (Å²) >= 11 is 6.14. The molecule has 0 bridgehead atoms. The highest BCUT2D eigenvalue weighted by atomic mass is 35.5. The van der Waals surface area contributed by atoms with Gasteiger partial charge in [-0.1, -0.05) is 53.5 Å². The summed E-state index contributed by atoms with van der Waals surface area (Å²) in [5, 5.41) is 49.2. The Balaban J connectivity index is 1.44. The van der Waals surface area contributed by atoms with E-state index in [4.69, 9.17) is 32.4 Å². The topological polar surface area (TPSA) is 204 Å². The molecule has 2 aliphatic rings. The number of carbonyl (C=O) groups excluding carboxylic acids is 1. The Kier molecular flexibility index (Phi) is 15.0. The van der Waals surface area contributed by atoms with Crippen LogP contribution in [0.25, 0.3) is 0 Å². The van der Waals surface area contributed by atoms with E-state index in [1.165, 1.54) is 0 Å². The number of aliphatic hydroxyl groups excluding tert-OH is 2. The van der Waals surface area contributed by atoms with Crippen LogP contribution in [0.15, 0.2) is 53.2 Å². The highest BCUT2D eigenvalue weighted by Crippen LogP contribution is 2.31. The van der Waals surface area contributed by atoms with Crippen LogP contribution in [0.1, 0.15) is 88.5 Å². The molecule has 0 saturated heterocycles. The minimum Gasteiger partial charge on any atom is -0.481 e. The van der Waals surface area contributed by atoms with Crippen molar-refractivity contribution < 1.29 is 39.6 Å². The number of unbranched alkanes of at least 4 members (excludes halogenated alkanes) is 1. The Bertz CT molecular complexity index is 1240. The molecule has 1 aromatic rings. The SMILES string of the molecule is NC(O)C(CCCCC(=O)O)NC(O)C(CCCC(=O)O)NC(=O)CCCC1CC(C2=CCC(c3cccc(Cl)c3)C=C2)=NO1. The molecule has 6 atom stereocenters. The Morgan fingerprint density at radius 1 is 1.02 bits per heavy atom. The number of halogens is 1. The number of oxime groups is 1. The number of amides is 1. The number of nitrogens with two attached hydrogens (primary N) is 1. The lowest BCUT2D eigenvalue weighted by Gasteiger charge is -2.30. The molecule has 0 saturated carbocycles. The van der Waals surface area contributed by atoms with Crippen LogP contribution in [0.3, 0.4) is 0 Å². The van der Waals surface area contributed by atoms with Gasteiger partial charge >= 0.3 is 11.9 Å². The summed E-state index contributed by atoms with van der Waals surface area (Å²) in [4.78, 5) is 40.2. The van der Waals surface area contributed by atoms with Gasteiger partial charge in [0.2, 0.25) is 5.91 Å². The molecule has 6 unspecified atom stereocenters. The first-order chi connectivity index (χ1) is 21.5. The maximum Gasteiger partial charge on any atom is 0.303 e. The van der Waals surface area contributed by atoms with E-state index in [9.17, 15) is 24.6 Å². The van der Waals surface area contributed by atoms with E-state index in [1.807, 2.05) is 18.2 Å². The second-order valence-electron chi connectivity index (χ2n) is 11.6. The number of benzene rings is 1. The molecule has 0 spiro atoms. The molecule has 3 rings (SSSR count). The Morgan fingerprint density at radius 3 is 2.42 bits per heavy atom. The lowest BCUT2D eigenvalue weighted by atomic mass is 9.88. The zero-order valence-electron chi connectivity index (χ0n) is 25.3. The van der Waals surface area contributed by atoms with Gasteiger partial charge < -0.3 is 36.3 Å². The Hall–Kier alpha value is -3.29. The number of rotatable bonds is 20. The lowest BCUT2D eigenvalue weighted by molar-refractivity contribution is -0.138. The third kappa shape index (κ3) is 12.9. The van der Waals surface area contributed by atoms with Crippen molar-refractivity contribution in [1.29, 1.82) is 0 Å². The van der Waals surface area contributed by atoms with Crippen molar-refractivity contribution in [2.45, 2.75) is 114 Å². The number of carboxylic acid groups (broad SMARTS) is 2.